The van der Waals surface area contributed by atoms with E-state index in [0.717, 1.165) is 12.1 Å². The summed E-state index contributed by atoms with van der Waals surface area (Å²) in [6.45, 7) is 0. The molecule has 0 spiro atoms. The first kappa shape index (κ1) is 15.7. The van der Waals surface area contributed by atoms with Gasteiger partial charge in [-0.1, -0.05) is 0 Å². The molecule has 0 saturated heterocycles. The van der Waals surface area contributed by atoms with E-state index in [1.807, 2.05) is 0 Å². The van der Waals surface area contributed by atoms with Gasteiger partial charge in [0.05, 0.1) is 29.5 Å². The Labute approximate surface area is 127 Å². The Morgan fingerprint density at radius 1 is 1.45 bits per heavy atom. The second-order valence-electron chi connectivity index (χ2n) is 4.14. The molecule has 2 aromatic rings. The van der Waals surface area contributed by atoms with Gasteiger partial charge in [-0.3, -0.25) is 4.72 Å². The van der Waals surface area contributed by atoms with Gasteiger partial charge in [0.1, 0.15) is 22.5 Å². The van der Waals surface area contributed by atoms with Gasteiger partial charge in [0.25, 0.3) is 0 Å². The largest absolute Gasteiger partial charge is 0.479 e. The number of pyridine rings is 1. The topological polar surface area (TPSA) is 115 Å². The van der Waals surface area contributed by atoms with Crippen LogP contribution in [0, 0.1) is 5.82 Å². The van der Waals surface area contributed by atoms with Crippen LogP contribution in [0.5, 0.6) is 5.88 Å². The van der Waals surface area contributed by atoms with Crippen molar-refractivity contribution in [2.45, 2.75) is 4.90 Å². The Morgan fingerprint density at radius 3 is 2.82 bits per heavy atom. The number of hydrogen-bond acceptors (Lipinski definition) is 5. The van der Waals surface area contributed by atoms with Crippen LogP contribution in [0.4, 0.5) is 15.8 Å². The van der Waals surface area contributed by atoms with Crippen LogP contribution < -0.4 is 15.2 Å². The molecule has 9 heteroatoms. The predicted molar refractivity (Wildman–Crippen MR) is 78.6 cm³/mol. The molecule has 116 valence electrons. The Bertz CT molecular complexity index is 754. The number of benzene rings is 1. The summed E-state index contributed by atoms with van der Waals surface area (Å²) >= 11 is 0. The maximum absolute atomic E-state index is 13.3. The molecule has 1 aromatic heterocycles. The van der Waals surface area contributed by atoms with Gasteiger partial charge in [0.15, 0.2) is 0 Å². The van der Waals surface area contributed by atoms with Gasteiger partial charge in [0.2, 0.25) is 5.88 Å². The number of nitrogen functional groups attached to an aromatic ring is 1. The smallest absolute Gasteiger partial charge is 0.338 e. The number of ether oxygens (including phenoxy) is 1. The molecule has 1 atom stereocenters. The number of aromatic nitrogens is 1. The second kappa shape index (κ2) is 6.39. The zero-order valence-corrected chi connectivity index (χ0v) is 12.2. The van der Waals surface area contributed by atoms with Crippen molar-refractivity contribution in [3.05, 3.63) is 41.8 Å². The molecule has 7 nitrogen and oxygen atoms in total. The van der Waals surface area contributed by atoms with E-state index in [-0.39, 0.29) is 16.5 Å². The first-order chi connectivity index (χ1) is 10.4. The average molecular weight is 325 g/mol. The molecule has 0 saturated carbocycles. The molecule has 1 heterocycles. The Balaban J connectivity index is 2.32. The Kier molecular flexibility index (Phi) is 4.56. The summed E-state index contributed by atoms with van der Waals surface area (Å²) in [5.41, 5.74) is 5.62. The lowest BCUT2D eigenvalue weighted by Gasteiger charge is -2.10. The second-order valence-corrected chi connectivity index (χ2v) is 5.36. The minimum absolute atomic E-state index is 0.0864. The zero-order chi connectivity index (χ0) is 16.3. The van der Waals surface area contributed by atoms with Gasteiger partial charge in [-0.05, 0) is 24.3 Å². The highest BCUT2D eigenvalue weighted by molar-refractivity contribution is 7.86. The van der Waals surface area contributed by atoms with Crippen molar-refractivity contribution in [2.24, 2.45) is 0 Å². The molecule has 0 aliphatic rings. The lowest BCUT2D eigenvalue weighted by atomic mass is 10.2. The van der Waals surface area contributed by atoms with Crippen LogP contribution in [0.15, 0.2) is 35.4 Å². The number of methoxy groups -OCH3 is 1. The molecule has 2 rings (SSSR count). The van der Waals surface area contributed by atoms with Crippen molar-refractivity contribution >= 4 is 28.3 Å². The fourth-order valence-electron chi connectivity index (χ4n) is 1.65. The summed E-state index contributed by atoms with van der Waals surface area (Å²) in [6.07, 6.45) is 1.37. The number of rotatable bonds is 5. The fourth-order valence-corrected chi connectivity index (χ4v) is 2.53. The minimum atomic E-state index is -1.85. The monoisotopic (exact) mass is 325 g/mol. The molecule has 0 bridgehead atoms. The number of carboxylic acids is 1. The van der Waals surface area contributed by atoms with E-state index >= 15 is 0 Å². The first-order valence-electron chi connectivity index (χ1n) is 5.93. The van der Waals surface area contributed by atoms with Crippen LogP contribution in [0.3, 0.4) is 0 Å². The molecule has 0 amide bonds. The number of halogens is 1. The lowest BCUT2D eigenvalue weighted by Crippen LogP contribution is -2.09. The van der Waals surface area contributed by atoms with Crippen molar-refractivity contribution in [1.82, 2.24) is 4.98 Å². The fraction of sp³-hybridized carbons (Fsp3) is 0.0769. The maximum Gasteiger partial charge on any atom is 0.338 e. The molecule has 22 heavy (non-hydrogen) atoms. The summed E-state index contributed by atoms with van der Waals surface area (Å²) in [7, 11) is -0.463. The minimum Gasteiger partial charge on any atom is -0.479 e. The molecular formula is C13H12FN3O4S. The van der Waals surface area contributed by atoms with Gasteiger partial charge in [-0.2, -0.15) is 0 Å². The van der Waals surface area contributed by atoms with E-state index in [1.54, 1.807) is 0 Å². The Morgan fingerprint density at radius 2 is 2.18 bits per heavy atom. The van der Waals surface area contributed by atoms with Crippen molar-refractivity contribution < 1.29 is 23.2 Å². The van der Waals surface area contributed by atoms with Crippen molar-refractivity contribution in [3.8, 4) is 5.88 Å². The van der Waals surface area contributed by atoms with E-state index in [1.165, 1.54) is 25.4 Å². The van der Waals surface area contributed by atoms with Crippen molar-refractivity contribution in [2.75, 3.05) is 17.6 Å². The first-order valence-corrected chi connectivity index (χ1v) is 7.08. The quantitative estimate of drug-likeness (QED) is 0.770. The lowest BCUT2D eigenvalue weighted by molar-refractivity contribution is 0.0691. The summed E-state index contributed by atoms with van der Waals surface area (Å²) in [4.78, 5) is 14.9. The number of hydrogen-bond donors (Lipinski definition) is 3. The summed E-state index contributed by atoms with van der Waals surface area (Å²) < 4.78 is 33.2. The third kappa shape index (κ3) is 3.31. The molecule has 4 N–H and O–H groups in total. The number of nitrogens with two attached hydrogens (primary N) is 1. The SMILES string of the molecule is COc1ncc(N)cc1NS(=O)c1ccc(F)c(C(=O)O)c1. The van der Waals surface area contributed by atoms with E-state index in [2.05, 4.69) is 9.71 Å². The highest BCUT2D eigenvalue weighted by Gasteiger charge is 2.15. The molecule has 0 fully saturated rings. The molecule has 1 aromatic carbocycles. The maximum atomic E-state index is 13.3. The summed E-state index contributed by atoms with van der Waals surface area (Å²) in [6, 6.07) is 4.61. The van der Waals surface area contributed by atoms with Crippen LogP contribution in [0.25, 0.3) is 0 Å². The van der Waals surface area contributed by atoms with Crippen LogP contribution in [0.1, 0.15) is 10.4 Å². The molecule has 1 unspecified atom stereocenters. The zero-order valence-electron chi connectivity index (χ0n) is 11.4. The van der Waals surface area contributed by atoms with Crippen LogP contribution >= 0.6 is 0 Å². The summed E-state index contributed by atoms with van der Waals surface area (Å²) in [5.74, 6) is -2.18. The number of anilines is 2. The molecule has 0 radical (unpaired) electrons. The van der Waals surface area contributed by atoms with Crippen molar-refractivity contribution in [3.63, 3.8) is 0 Å². The highest BCUT2D eigenvalue weighted by Crippen LogP contribution is 2.25. The number of nitrogens with one attached hydrogen (secondary N) is 1. The van der Waals surface area contributed by atoms with Crippen molar-refractivity contribution in [1.29, 1.82) is 0 Å². The normalized spacial score (nSPS) is 11.7. The van der Waals surface area contributed by atoms with E-state index in [9.17, 15) is 13.4 Å². The van der Waals surface area contributed by atoms with Gasteiger partial charge >= 0.3 is 5.97 Å². The number of carbonyl (C=O) groups is 1. The third-order valence-electron chi connectivity index (χ3n) is 2.65. The van der Waals surface area contributed by atoms with E-state index in [0.29, 0.717) is 5.69 Å². The third-order valence-corrected chi connectivity index (χ3v) is 3.74. The standard InChI is InChI=1S/C13H12FN3O4S/c1-21-12-11(4-7(15)6-16-12)17-22(20)8-2-3-10(14)9(5-8)13(18)19/h2-6,17H,15H2,1H3,(H,18,19). The predicted octanol–water partition coefficient (Wildman–Crippen LogP) is 1.64. The van der Waals surface area contributed by atoms with Gasteiger partial charge in [0, 0.05) is 0 Å². The van der Waals surface area contributed by atoms with E-state index in [4.69, 9.17) is 15.6 Å². The van der Waals surface area contributed by atoms with Gasteiger partial charge in [-0.15, -0.1) is 0 Å². The van der Waals surface area contributed by atoms with Crippen LogP contribution in [-0.2, 0) is 11.0 Å². The summed E-state index contributed by atoms with van der Waals surface area (Å²) in [5, 5.41) is 8.87. The molecule has 0 aliphatic heterocycles. The molecular weight excluding hydrogens is 313 g/mol. The van der Waals surface area contributed by atoms with Crippen LogP contribution in [-0.4, -0.2) is 27.4 Å². The number of nitrogens with zero attached hydrogens (tertiary/aromatic N) is 1. The van der Waals surface area contributed by atoms with Crippen LogP contribution in [0.2, 0.25) is 0 Å². The Hall–Kier alpha value is -2.68. The molecule has 0 aliphatic carbocycles. The highest BCUT2D eigenvalue weighted by atomic mass is 32.2. The number of carboxylic acid groups (broad SMARTS) is 1. The number of aromatic carboxylic acids is 1. The average Bonchev–Trinajstić information content (AvgIpc) is 2.47. The van der Waals surface area contributed by atoms with Gasteiger partial charge in [-0.25, -0.2) is 18.4 Å². The van der Waals surface area contributed by atoms with E-state index < -0.39 is 28.3 Å². The van der Waals surface area contributed by atoms with Gasteiger partial charge < -0.3 is 15.6 Å².